The van der Waals surface area contributed by atoms with Crippen LogP contribution < -0.4 is 16.0 Å². The Hall–Kier alpha value is -1.89. The van der Waals surface area contributed by atoms with E-state index in [1.165, 1.54) is 4.68 Å². The Morgan fingerprint density at radius 1 is 1.25 bits per heavy atom. The average Bonchev–Trinajstić information content (AvgIpc) is 2.46. The molecule has 0 aliphatic rings. The second-order valence-corrected chi connectivity index (χ2v) is 4.88. The van der Waals surface area contributed by atoms with E-state index in [1.807, 2.05) is 24.3 Å². The third-order valence-electron chi connectivity index (χ3n) is 2.89. The summed E-state index contributed by atoms with van der Waals surface area (Å²) in [6.45, 7) is 2.34. The summed E-state index contributed by atoms with van der Waals surface area (Å²) in [6.07, 6.45) is 0. The van der Waals surface area contributed by atoms with Crippen molar-refractivity contribution in [1.29, 1.82) is 0 Å². The maximum atomic E-state index is 12.1. The van der Waals surface area contributed by atoms with Crippen LogP contribution in [0.25, 0.3) is 0 Å². The normalized spacial score (nSPS) is 10.6. The summed E-state index contributed by atoms with van der Waals surface area (Å²) in [7, 11) is 1.59. The van der Waals surface area contributed by atoms with Gasteiger partial charge < -0.3 is 4.74 Å². The van der Waals surface area contributed by atoms with Crippen molar-refractivity contribution in [3.05, 3.63) is 55.3 Å². The van der Waals surface area contributed by atoms with Crippen LogP contribution in [0, 0.1) is 0 Å². The Morgan fingerprint density at radius 3 is 2.45 bits per heavy atom. The molecule has 7 heteroatoms. The minimum atomic E-state index is -0.420. The maximum Gasteiger partial charge on any atom is 0.347 e. The highest BCUT2D eigenvalue weighted by Gasteiger charge is 2.10. The number of rotatable bonds is 4. The van der Waals surface area contributed by atoms with Crippen molar-refractivity contribution in [2.75, 3.05) is 7.11 Å². The Kier molecular flexibility index (Phi) is 4.39. The van der Waals surface area contributed by atoms with E-state index in [2.05, 4.69) is 21.0 Å². The fourth-order valence-electron chi connectivity index (χ4n) is 1.81. The second kappa shape index (κ2) is 6.04. The van der Waals surface area contributed by atoms with Crippen LogP contribution in [0.15, 0.2) is 38.5 Å². The summed E-state index contributed by atoms with van der Waals surface area (Å²) in [5, 5.41) is 3.97. The molecule has 1 heterocycles. The van der Waals surface area contributed by atoms with Crippen molar-refractivity contribution < 1.29 is 4.74 Å². The van der Waals surface area contributed by atoms with Gasteiger partial charge in [-0.2, -0.15) is 5.10 Å². The van der Waals surface area contributed by atoms with Gasteiger partial charge in [0, 0.05) is 6.54 Å². The van der Waals surface area contributed by atoms with Crippen LogP contribution in [0.4, 0.5) is 0 Å². The Bertz CT molecular complexity index is 719. The van der Waals surface area contributed by atoms with E-state index in [-0.39, 0.29) is 4.60 Å². The fourth-order valence-corrected chi connectivity index (χ4v) is 2.22. The van der Waals surface area contributed by atoms with Gasteiger partial charge in [0.15, 0.2) is 4.60 Å². The molecule has 2 aromatic rings. The van der Waals surface area contributed by atoms with E-state index in [0.717, 1.165) is 15.9 Å². The molecule has 20 heavy (non-hydrogen) atoms. The molecule has 0 spiro atoms. The summed E-state index contributed by atoms with van der Waals surface area (Å²) in [4.78, 5) is 23.9. The van der Waals surface area contributed by atoms with E-state index in [9.17, 15) is 9.59 Å². The number of hydrogen-bond acceptors (Lipinski definition) is 4. The van der Waals surface area contributed by atoms with E-state index < -0.39 is 11.2 Å². The minimum Gasteiger partial charge on any atom is -0.497 e. The van der Waals surface area contributed by atoms with Crippen molar-refractivity contribution in [2.45, 2.75) is 20.0 Å². The Morgan fingerprint density at radius 2 is 1.90 bits per heavy atom. The first-order valence-corrected chi connectivity index (χ1v) is 6.86. The first-order chi connectivity index (χ1) is 9.56. The lowest BCUT2D eigenvalue weighted by Crippen LogP contribution is -2.41. The molecule has 6 nitrogen and oxygen atoms in total. The quantitative estimate of drug-likeness (QED) is 0.840. The number of methoxy groups -OCH3 is 1. The molecule has 0 amide bonds. The predicted molar refractivity (Wildman–Crippen MR) is 78.2 cm³/mol. The maximum absolute atomic E-state index is 12.1. The lowest BCUT2D eigenvalue weighted by molar-refractivity contribution is 0.414. The molecule has 0 radical (unpaired) electrons. The zero-order valence-corrected chi connectivity index (χ0v) is 12.8. The summed E-state index contributed by atoms with van der Waals surface area (Å²) in [5.41, 5.74) is 0.0635. The van der Waals surface area contributed by atoms with Gasteiger partial charge in [-0.05, 0) is 40.5 Å². The van der Waals surface area contributed by atoms with Crippen LogP contribution in [0.3, 0.4) is 0 Å². The van der Waals surface area contributed by atoms with Crippen molar-refractivity contribution >= 4 is 15.9 Å². The van der Waals surface area contributed by atoms with Crippen LogP contribution >= 0.6 is 15.9 Å². The predicted octanol–water partition coefficient (Wildman–Crippen LogP) is 1.24. The molecule has 0 unspecified atom stereocenters. The number of halogens is 1. The van der Waals surface area contributed by atoms with E-state index >= 15 is 0 Å². The van der Waals surface area contributed by atoms with E-state index in [1.54, 1.807) is 14.0 Å². The van der Waals surface area contributed by atoms with Gasteiger partial charge in [0.2, 0.25) is 0 Å². The summed E-state index contributed by atoms with van der Waals surface area (Å²) in [6, 6.07) is 7.32. The first-order valence-electron chi connectivity index (χ1n) is 6.07. The van der Waals surface area contributed by atoms with Crippen LogP contribution in [0.2, 0.25) is 0 Å². The van der Waals surface area contributed by atoms with Gasteiger partial charge in [-0.15, -0.1) is 0 Å². The lowest BCUT2D eigenvalue weighted by atomic mass is 10.2. The highest BCUT2D eigenvalue weighted by molar-refractivity contribution is 9.10. The van der Waals surface area contributed by atoms with Gasteiger partial charge in [-0.25, -0.2) is 9.48 Å². The number of ether oxygens (including phenoxy) is 1. The monoisotopic (exact) mass is 339 g/mol. The van der Waals surface area contributed by atoms with Crippen LogP contribution in [0.1, 0.15) is 12.5 Å². The topological polar surface area (TPSA) is 66.1 Å². The fraction of sp³-hybridized carbons (Fsp3) is 0.308. The zero-order chi connectivity index (χ0) is 14.7. The Labute approximate surface area is 123 Å². The first kappa shape index (κ1) is 14.5. The molecular weight excluding hydrogens is 326 g/mol. The van der Waals surface area contributed by atoms with Crippen molar-refractivity contribution in [3.63, 3.8) is 0 Å². The largest absolute Gasteiger partial charge is 0.497 e. The average molecular weight is 340 g/mol. The van der Waals surface area contributed by atoms with Gasteiger partial charge in [0.25, 0.3) is 5.56 Å². The highest BCUT2D eigenvalue weighted by Crippen LogP contribution is 2.11. The number of hydrogen-bond donors (Lipinski definition) is 0. The van der Waals surface area contributed by atoms with Gasteiger partial charge in [-0.1, -0.05) is 12.1 Å². The molecule has 0 fully saturated rings. The van der Waals surface area contributed by atoms with Crippen LogP contribution in [-0.2, 0) is 13.1 Å². The molecule has 0 aliphatic carbocycles. The summed E-state index contributed by atoms with van der Waals surface area (Å²) < 4.78 is 7.61. The van der Waals surface area contributed by atoms with Gasteiger partial charge in [0.05, 0.1) is 13.7 Å². The number of aromatic nitrogens is 3. The number of nitrogens with zero attached hydrogens (tertiary/aromatic N) is 3. The summed E-state index contributed by atoms with van der Waals surface area (Å²) in [5.74, 6) is 0.744. The molecule has 0 aliphatic heterocycles. The molecule has 106 valence electrons. The molecule has 0 saturated heterocycles. The third-order valence-corrected chi connectivity index (χ3v) is 3.39. The van der Waals surface area contributed by atoms with Gasteiger partial charge in [-0.3, -0.25) is 9.36 Å². The molecule has 0 atom stereocenters. The SMILES string of the molecule is CCn1c(=O)c(Br)nn(Cc2ccc(OC)cc2)c1=O. The van der Waals surface area contributed by atoms with Crippen LogP contribution in [0.5, 0.6) is 5.75 Å². The Balaban J connectivity index is 2.40. The van der Waals surface area contributed by atoms with Gasteiger partial charge >= 0.3 is 5.69 Å². The van der Waals surface area contributed by atoms with E-state index in [4.69, 9.17) is 4.74 Å². The lowest BCUT2D eigenvalue weighted by Gasteiger charge is -2.09. The number of benzene rings is 1. The highest BCUT2D eigenvalue weighted by atomic mass is 79.9. The third kappa shape index (κ3) is 2.82. The molecule has 1 aromatic heterocycles. The molecule has 0 N–H and O–H groups in total. The zero-order valence-electron chi connectivity index (χ0n) is 11.2. The van der Waals surface area contributed by atoms with Gasteiger partial charge in [0.1, 0.15) is 5.75 Å². The summed E-state index contributed by atoms with van der Waals surface area (Å²) >= 11 is 3.08. The standard InChI is InChI=1S/C13H14BrN3O3/c1-3-16-12(18)11(14)15-17(13(16)19)8-9-4-6-10(20-2)7-5-9/h4-7H,3,8H2,1-2H3. The minimum absolute atomic E-state index is 0.132. The molecule has 1 aromatic carbocycles. The second-order valence-electron chi connectivity index (χ2n) is 4.13. The molecule has 0 bridgehead atoms. The molecular formula is C13H14BrN3O3. The van der Waals surface area contributed by atoms with E-state index in [0.29, 0.717) is 13.1 Å². The smallest absolute Gasteiger partial charge is 0.347 e. The van der Waals surface area contributed by atoms with Crippen molar-refractivity contribution in [1.82, 2.24) is 14.3 Å². The van der Waals surface area contributed by atoms with Crippen molar-refractivity contribution in [3.8, 4) is 5.75 Å². The van der Waals surface area contributed by atoms with Crippen molar-refractivity contribution in [2.24, 2.45) is 0 Å². The molecule has 2 rings (SSSR count). The molecule has 0 saturated carbocycles. The van der Waals surface area contributed by atoms with Crippen LogP contribution in [-0.4, -0.2) is 21.5 Å².